The molecule has 3 heteroatoms. The van der Waals surface area contributed by atoms with Crippen LogP contribution in [0.4, 0.5) is 0 Å². The maximum absolute atomic E-state index is 5.73. The number of aromatic nitrogens is 1. The molecule has 0 aliphatic heterocycles. The number of rotatable bonds is 2. The van der Waals surface area contributed by atoms with Crippen LogP contribution in [0.5, 0.6) is 5.88 Å². The van der Waals surface area contributed by atoms with Gasteiger partial charge in [0, 0.05) is 24.2 Å². The van der Waals surface area contributed by atoms with Crippen molar-refractivity contribution in [3.05, 3.63) is 23.9 Å². The van der Waals surface area contributed by atoms with Gasteiger partial charge in [-0.1, -0.05) is 0 Å². The minimum absolute atomic E-state index is 0.345. The lowest BCUT2D eigenvalue weighted by molar-refractivity contribution is 0.397. The van der Waals surface area contributed by atoms with Gasteiger partial charge in [0.15, 0.2) is 0 Å². The second-order valence-corrected chi connectivity index (χ2v) is 3.14. The number of methoxy groups -OCH3 is 1. The number of pyridine rings is 1. The third kappa shape index (κ3) is 1.28. The monoisotopic (exact) mass is 164 g/mol. The molecule has 0 saturated heterocycles. The SMILES string of the molecule is COc1cc(C2CC2N)ccn1. The highest BCUT2D eigenvalue weighted by molar-refractivity contribution is 5.30. The largest absolute Gasteiger partial charge is 0.481 e. The average molecular weight is 164 g/mol. The predicted octanol–water partition coefficient (Wildman–Crippen LogP) is 0.905. The van der Waals surface area contributed by atoms with Gasteiger partial charge in [-0.25, -0.2) is 4.98 Å². The van der Waals surface area contributed by atoms with E-state index in [9.17, 15) is 0 Å². The first kappa shape index (κ1) is 7.55. The summed E-state index contributed by atoms with van der Waals surface area (Å²) in [5.74, 6) is 1.20. The van der Waals surface area contributed by atoms with Crippen LogP contribution >= 0.6 is 0 Å². The molecule has 0 amide bonds. The molecule has 2 rings (SSSR count). The molecule has 0 aromatic carbocycles. The number of hydrogen-bond donors (Lipinski definition) is 1. The predicted molar refractivity (Wildman–Crippen MR) is 46.1 cm³/mol. The fraction of sp³-hybridized carbons (Fsp3) is 0.444. The smallest absolute Gasteiger partial charge is 0.213 e. The molecule has 1 aromatic heterocycles. The Kier molecular flexibility index (Phi) is 1.73. The van der Waals surface area contributed by atoms with Crippen molar-refractivity contribution in [1.29, 1.82) is 0 Å². The van der Waals surface area contributed by atoms with E-state index in [1.807, 2.05) is 12.1 Å². The lowest BCUT2D eigenvalue weighted by Gasteiger charge is -2.01. The quantitative estimate of drug-likeness (QED) is 0.706. The van der Waals surface area contributed by atoms with Gasteiger partial charge in [0.1, 0.15) is 0 Å². The standard InChI is InChI=1S/C9H12N2O/c1-12-9-4-6(2-3-11-9)7-5-8(7)10/h2-4,7-8H,5,10H2,1H3. The molecule has 64 valence electrons. The Balaban J connectivity index is 2.21. The molecule has 3 nitrogen and oxygen atoms in total. The third-order valence-corrected chi connectivity index (χ3v) is 2.24. The highest BCUT2D eigenvalue weighted by atomic mass is 16.5. The van der Waals surface area contributed by atoms with E-state index in [0.29, 0.717) is 17.8 Å². The van der Waals surface area contributed by atoms with Gasteiger partial charge in [0.25, 0.3) is 0 Å². The fourth-order valence-corrected chi connectivity index (χ4v) is 1.36. The van der Waals surface area contributed by atoms with E-state index >= 15 is 0 Å². The van der Waals surface area contributed by atoms with Crippen LogP contribution in [0, 0.1) is 0 Å². The van der Waals surface area contributed by atoms with E-state index in [2.05, 4.69) is 4.98 Å². The molecule has 0 bridgehead atoms. The van der Waals surface area contributed by atoms with Gasteiger partial charge in [-0.15, -0.1) is 0 Å². The topological polar surface area (TPSA) is 48.1 Å². The summed E-state index contributed by atoms with van der Waals surface area (Å²) in [6.07, 6.45) is 2.85. The van der Waals surface area contributed by atoms with E-state index in [1.165, 1.54) is 5.56 Å². The number of ether oxygens (including phenoxy) is 1. The fourth-order valence-electron chi connectivity index (χ4n) is 1.36. The van der Waals surface area contributed by atoms with Crippen molar-refractivity contribution in [3.63, 3.8) is 0 Å². The van der Waals surface area contributed by atoms with Crippen LogP contribution in [-0.4, -0.2) is 18.1 Å². The Hall–Kier alpha value is -1.09. The van der Waals surface area contributed by atoms with Gasteiger partial charge in [0.2, 0.25) is 5.88 Å². The average Bonchev–Trinajstić information content (AvgIpc) is 2.83. The summed E-state index contributed by atoms with van der Waals surface area (Å²) in [6, 6.07) is 4.30. The van der Waals surface area contributed by atoms with Crippen LogP contribution in [-0.2, 0) is 0 Å². The molecule has 1 aromatic rings. The Morgan fingerprint density at radius 3 is 3.00 bits per heavy atom. The van der Waals surface area contributed by atoms with Crippen LogP contribution in [0.2, 0.25) is 0 Å². The van der Waals surface area contributed by atoms with Crippen molar-refractivity contribution in [2.75, 3.05) is 7.11 Å². The van der Waals surface area contributed by atoms with Gasteiger partial charge >= 0.3 is 0 Å². The zero-order valence-corrected chi connectivity index (χ0v) is 7.03. The molecular formula is C9H12N2O. The van der Waals surface area contributed by atoms with Gasteiger partial charge in [0.05, 0.1) is 7.11 Å². The van der Waals surface area contributed by atoms with Crippen molar-refractivity contribution in [2.45, 2.75) is 18.4 Å². The summed E-state index contributed by atoms with van der Waals surface area (Å²) < 4.78 is 5.02. The lowest BCUT2D eigenvalue weighted by atomic mass is 10.2. The van der Waals surface area contributed by atoms with Crippen LogP contribution in [0.3, 0.4) is 0 Å². The highest BCUT2D eigenvalue weighted by Gasteiger charge is 2.34. The van der Waals surface area contributed by atoms with Crippen molar-refractivity contribution in [1.82, 2.24) is 4.98 Å². The second kappa shape index (κ2) is 2.75. The van der Waals surface area contributed by atoms with Crippen molar-refractivity contribution >= 4 is 0 Å². The molecule has 1 saturated carbocycles. The number of nitrogens with two attached hydrogens (primary N) is 1. The van der Waals surface area contributed by atoms with Crippen LogP contribution in [0.1, 0.15) is 17.9 Å². The maximum atomic E-state index is 5.73. The summed E-state index contributed by atoms with van der Waals surface area (Å²) in [5, 5.41) is 0. The van der Waals surface area contributed by atoms with Gasteiger partial charge in [-0.3, -0.25) is 0 Å². The summed E-state index contributed by atoms with van der Waals surface area (Å²) in [6.45, 7) is 0. The lowest BCUT2D eigenvalue weighted by Crippen LogP contribution is -2.01. The minimum Gasteiger partial charge on any atom is -0.481 e. The highest BCUT2D eigenvalue weighted by Crippen LogP contribution is 2.39. The molecule has 2 unspecified atom stereocenters. The molecule has 12 heavy (non-hydrogen) atoms. The van der Waals surface area contributed by atoms with E-state index in [0.717, 1.165) is 6.42 Å². The van der Waals surface area contributed by atoms with E-state index in [-0.39, 0.29) is 0 Å². The third-order valence-electron chi connectivity index (χ3n) is 2.24. The number of nitrogens with zero attached hydrogens (tertiary/aromatic N) is 1. The molecule has 1 aliphatic rings. The van der Waals surface area contributed by atoms with Gasteiger partial charge in [-0.2, -0.15) is 0 Å². The molecule has 2 atom stereocenters. The van der Waals surface area contributed by atoms with E-state index < -0.39 is 0 Å². The Labute approximate surface area is 71.6 Å². The van der Waals surface area contributed by atoms with Crippen LogP contribution < -0.4 is 10.5 Å². The van der Waals surface area contributed by atoms with Crippen molar-refractivity contribution in [3.8, 4) is 5.88 Å². The minimum atomic E-state index is 0.345. The van der Waals surface area contributed by atoms with Crippen molar-refractivity contribution in [2.24, 2.45) is 5.73 Å². The second-order valence-electron chi connectivity index (χ2n) is 3.14. The van der Waals surface area contributed by atoms with Gasteiger partial charge in [-0.05, 0) is 18.1 Å². The molecular weight excluding hydrogens is 152 g/mol. The van der Waals surface area contributed by atoms with Gasteiger partial charge < -0.3 is 10.5 Å². The first-order valence-corrected chi connectivity index (χ1v) is 4.07. The molecule has 1 heterocycles. The maximum Gasteiger partial charge on any atom is 0.213 e. The summed E-state index contributed by atoms with van der Waals surface area (Å²) in [7, 11) is 1.62. The molecule has 1 fully saturated rings. The zero-order chi connectivity index (χ0) is 8.55. The normalized spacial score (nSPS) is 26.8. The van der Waals surface area contributed by atoms with Crippen molar-refractivity contribution < 1.29 is 4.74 Å². The Bertz CT molecular complexity index is 288. The Morgan fingerprint density at radius 1 is 1.67 bits per heavy atom. The number of hydrogen-bond acceptors (Lipinski definition) is 3. The first-order valence-electron chi connectivity index (χ1n) is 4.07. The summed E-state index contributed by atoms with van der Waals surface area (Å²) in [5.41, 5.74) is 6.97. The molecule has 2 N–H and O–H groups in total. The molecule has 1 aliphatic carbocycles. The summed E-state index contributed by atoms with van der Waals surface area (Å²) in [4.78, 5) is 4.03. The summed E-state index contributed by atoms with van der Waals surface area (Å²) >= 11 is 0. The van der Waals surface area contributed by atoms with Crippen LogP contribution in [0.15, 0.2) is 18.3 Å². The van der Waals surface area contributed by atoms with E-state index in [4.69, 9.17) is 10.5 Å². The Morgan fingerprint density at radius 2 is 2.42 bits per heavy atom. The molecule has 0 radical (unpaired) electrons. The molecule has 0 spiro atoms. The van der Waals surface area contributed by atoms with Crippen LogP contribution in [0.25, 0.3) is 0 Å². The van der Waals surface area contributed by atoms with E-state index in [1.54, 1.807) is 13.3 Å². The first-order chi connectivity index (χ1) is 5.81. The zero-order valence-electron chi connectivity index (χ0n) is 7.03.